The molecule has 66 valence electrons. The number of ether oxygens (including phenoxy) is 1. The van der Waals surface area contributed by atoms with Gasteiger partial charge in [0.1, 0.15) is 0 Å². The van der Waals surface area contributed by atoms with Crippen molar-refractivity contribution < 1.29 is 4.74 Å². The normalized spacial score (nSPS) is 10.1. The molecule has 0 aliphatic carbocycles. The molecule has 5 heteroatoms. The van der Waals surface area contributed by atoms with E-state index in [-0.39, 0.29) is 0 Å². The smallest absolute Gasteiger partial charge is 0.316 e. The molecule has 1 heterocycles. The average Bonchev–Trinajstić information content (AvgIpc) is 2.08. The van der Waals surface area contributed by atoms with Crippen LogP contribution in [0.5, 0.6) is 0 Å². The highest BCUT2D eigenvalue weighted by atomic mass is 16.5. The predicted octanol–water partition coefficient (Wildman–Crippen LogP) is -0.817. The van der Waals surface area contributed by atoms with Crippen molar-refractivity contribution in [3.63, 3.8) is 0 Å². The molecule has 0 aliphatic rings. The Kier molecular flexibility index (Phi) is 2.82. The monoisotopic (exact) mass is 170 g/mol. The van der Waals surface area contributed by atoms with Crippen LogP contribution in [0, 0.1) is 0 Å². The molecule has 0 atom stereocenters. The fourth-order valence-electron chi connectivity index (χ4n) is 0.829. The second-order valence-corrected chi connectivity index (χ2v) is 2.28. The Hall–Kier alpha value is -1.36. The van der Waals surface area contributed by atoms with Crippen molar-refractivity contribution in [3.8, 4) is 0 Å². The number of rotatable bonds is 3. The summed E-state index contributed by atoms with van der Waals surface area (Å²) >= 11 is 0. The zero-order chi connectivity index (χ0) is 8.97. The van der Waals surface area contributed by atoms with Crippen LogP contribution >= 0.6 is 0 Å². The summed E-state index contributed by atoms with van der Waals surface area (Å²) in [6, 6.07) is 0. The van der Waals surface area contributed by atoms with Gasteiger partial charge in [0.2, 0.25) is 0 Å². The highest BCUT2D eigenvalue weighted by Gasteiger charge is 1.97. The molecule has 0 fully saturated rings. The van der Waals surface area contributed by atoms with Crippen molar-refractivity contribution in [3.05, 3.63) is 33.1 Å². The van der Waals surface area contributed by atoms with Crippen molar-refractivity contribution in [1.29, 1.82) is 0 Å². The fourth-order valence-corrected chi connectivity index (χ4v) is 0.829. The van der Waals surface area contributed by atoms with Gasteiger partial charge in [-0.1, -0.05) is 0 Å². The number of aromatic amines is 1. The summed E-state index contributed by atoms with van der Waals surface area (Å²) < 4.78 is 6.08. The van der Waals surface area contributed by atoms with Crippen LogP contribution in [0.3, 0.4) is 0 Å². The first-order chi connectivity index (χ1) is 5.75. The lowest BCUT2D eigenvalue weighted by molar-refractivity contribution is 0.186. The summed E-state index contributed by atoms with van der Waals surface area (Å²) in [4.78, 5) is 24.1. The number of nitrogens with zero attached hydrogens (tertiary/aromatic N) is 1. The van der Waals surface area contributed by atoms with E-state index < -0.39 is 11.1 Å². The van der Waals surface area contributed by atoms with Gasteiger partial charge in [-0.2, -0.15) is 0 Å². The number of methoxy groups -OCH3 is 1. The standard InChI is InChI=1S/C7H10N2O3/c1-12-5-4-9-3-2-8-6(10)7(9)11/h2-3H,4-5H2,1H3,(H,8,10). The van der Waals surface area contributed by atoms with Gasteiger partial charge in [-0.05, 0) is 0 Å². The lowest BCUT2D eigenvalue weighted by Gasteiger charge is -2.01. The van der Waals surface area contributed by atoms with E-state index in [1.165, 1.54) is 24.1 Å². The number of hydrogen-bond donors (Lipinski definition) is 1. The molecular formula is C7H10N2O3. The summed E-state index contributed by atoms with van der Waals surface area (Å²) in [6.07, 6.45) is 2.95. The maximum atomic E-state index is 11.0. The summed E-state index contributed by atoms with van der Waals surface area (Å²) in [5.41, 5.74) is -1.15. The van der Waals surface area contributed by atoms with E-state index in [0.29, 0.717) is 13.2 Å². The summed E-state index contributed by atoms with van der Waals surface area (Å²) in [6.45, 7) is 0.822. The maximum absolute atomic E-state index is 11.0. The predicted molar refractivity (Wildman–Crippen MR) is 43.2 cm³/mol. The van der Waals surface area contributed by atoms with E-state index in [1.807, 2.05) is 0 Å². The first-order valence-electron chi connectivity index (χ1n) is 3.53. The highest BCUT2D eigenvalue weighted by Crippen LogP contribution is 1.76. The second kappa shape index (κ2) is 3.87. The van der Waals surface area contributed by atoms with E-state index in [4.69, 9.17) is 4.74 Å². The Morgan fingerprint density at radius 3 is 3.00 bits per heavy atom. The van der Waals surface area contributed by atoms with Gasteiger partial charge in [-0.15, -0.1) is 0 Å². The summed E-state index contributed by atoms with van der Waals surface area (Å²) in [5.74, 6) is 0. The molecule has 0 spiro atoms. The van der Waals surface area contributed by atoms with Gasteiger partial charge in [0.15, 0.2) is 0 Å². The third-order valence-corrected chi connectivity index (χ3v) is 1.46. The molecule has 0 radical (unpaired) electrons. The van der Waals surface area contributed by atoms with Gasteiger partial charge < -0.3 is 14.3 Å². The molecular weight excluding hydrogens is 160 g/mol. The number of H-pyrrole nitrogens is 1. The molecule has 12 heavy (non-hydrogen) atoms. The molecule has 0 bridgehead atoms. The number of hydrogen-bond acceptors (Lipinski definition) is 3. The topological polar surface area (TPSA) is 64.1 Å². The van der Waals surface area contributed by atoms with Crippen LogP contribution in [0.1, 0.15) is 0 Å². The summed E-state index contributed by atoms with van der Waals surface area (Å²) in [7, 11) is 1.54. The largest absolute Gasteiger partial charge is 0.383 e. The second-order valence-electron chi connectivity index (χ2n) is 2.28. The Morgan fingerprint density at radius 1 is 1.58 bits per heavy atom. The molecule has 1 aromatic rings. The molecule has 5 nitrogen and oxygen atoms in total. The molecule has 0 aliphatic heterocycles. The molecule has 0 unspecified atom stereocenters. The van der Waals surface area contributed by atoms with Crippen molar-refractivity contribution in [2.24, 2.45) is 0 Å². The van der Waals surface area contributed by atoms with E-state index in [2.05, 4.69) is 4.98 Å². The van der Waals surface area contributed by atoms with Crippen LogP contribution in [-0.4, -0.2) is 23.3 Å². The summed E-state index contributed by atoms with van der Waals surface area (Å²) in [5, 5.41) is 0. The molecule has 1 aromatic heterocycles. The molecule has 0 saturated carbocycles. The molecule has 1 N–H and O–H groups in total. The van der Waals surface area contributed by atoms with Crippen LogP contribution in [0.25, 0.3) is 0 Å². The van der Waals surface area contributed by atoms with E-state index in [1.54, 1.807) is 0 Å². The first kappa shape index (κ1) is 8.73. The Morgan fingerprint density at radius 2 is 2.33 bits per heavy atom. The van der Waals surface area contributed by atoms with Crippen LogP contribution < -0.4 is 11.1 Å². The lowest BCUT2D eigenvalue weighted by atomic mass is 10.6. The van der Waals surface area contributed by atoms with Crippen molar-refractivity contribution in [1.82, 2.24) is 9.55 Å². The minimum atomic E-state index is -0.603. The highest BCUT2D eigenvalue weighted by molar-refractivity contribution is 4.81. The SMILES string of the molecule is COCCn1cc[nH]c(=O)c1=O. The van der Waals surface area contributed by atoms with Gasteiger partial charge in [-0.25, -0.2) is 0 Å². The van der Waals surface area contributed by atoms with Crippen LogP contribution in [0.2, 0.25) is 0 Å². The Labute approximate surface area is 68.6 Å². The van der Waals surface area contributed by atoms with Gasteiger partial charge >= 0.3 is 11.1 Å². The zero-order valence-electron chi connectivity index (χ0n) is 6.74. The van der Waals surface area contributed by atoms with Gasteiger partial charge in [0.25, 0.3) is 0 Å². The minimum Gasteiger partial charge on any atom is -0.383 e. The van der Waals surface area contributed by atoms with Gasteiger partial charge in [0.05, 0.1) is 6.61 Å². The molecule has 1 rings (SSSR count). The molecule has 0 amide bonds. The quantitative estimate of drug-likeness (QED) is 0.603. The van der Waals surface area contributed by atoms with Crippen molar-refractivity contribution in [2.45, 2.75) is 6.54 Å². The van der Waals surface area contributed by atoms with E-state index in [9.17, 15) is 9.59 Å². The first-order valence-corrected chi connectivity index (χ1v) is 3.53. The molecule has 0 aromatic carbocycles. The van der Waals surface area contributed by atoms with Gasteiger partial charge in [-0.3, -0.25) is 9.59 Å². The third kappa shape index (κ3) is 1.82. The minimum absolute atomic E-state index is 0.402. The lowest BCUT2D eigenvalue weighted by Crippen LogP contribution is -2.36. The van der Waals surface area contributed by atoms with Crippen LogP contribution in [0.15, 0.2) is 22.0 Å². The third-order valence-electron chi connectivity index (χ3n) is 1.46. The Bertz CT molecular complexity index is 352. The maximum Gasteiger partial charge on any atom is 0.316 e. The van der Waals surface area contributed by atoms with Crippen LogP contribution in [-0.2, 0) is 11.3 Å². The fraction of sp³-hybridized carbons (Fsp3) is 0.429. The van der Waals surface area contributed by atoms with Crippen LogP contribution in [0.4, 0.5) is 0 Å². The van der Waals surface area contributed by atoms with E-state index in [0.717, 1.165) is 0 Å². The van der Waals surface area contributed by atoms with E-state index >= 15 is 0 Å². The van der Waals surface area contributed by atoms with Crippen molar-refractivity contribution in [2.75, 3.05) is 13.7 Å². The van der Waals surface area contributed by atoms with Gasteiger partial charge in [0, 0.05) is 26.0 Å². The molecule has 0 saturated heterocycles. The number of aromatic nitrogens is 2. The number of nitrogens with one attached hydrogen (secondary N) is 1. The Balaban J connectivity index is 2.93. The zero-order valence-corrected chi connectivity index (χ0v) is 6.74. The van der Waals surface area contributed by atoms with Crippen molar-refractivity contribution >= 4 is 0 Å². The average molecular weight is 170 g/mol.